The molecule has 8 heteroatoms. The lowest BCUT2D eigenvalue weighted by molar-refractivity contribution is 0.0690. The summed E-state index contributed by atoms with van der Waals surface area (Å²) in [4.78, 5) is 25.8. The molecule has 0 spiro atoms. The molecular formula is C16H17ClN4O3. The zero-order chi connectivity index (χ0) is 17.3. The average molecular weight is 349 g/mol. The van der Waals surface area contributed by atoms with Crippen molar-refractivity contribution in [3.05, 3.63) is 46.7 Å². The molecule has 7 nitrogen and oxygen atoms in total. The number of hydrogen-bond acceptors (Lipinski definition) is 4. The van der Waals surface area contributed by atoms with Gasteiger partial charge < -0.3 is 15.3 Å². The number of carboxylic acids is 1. The normalized spacial score (nSPS) is 17.1. The molecule has 3 rings (SSSR count). The maximum absolute atomic E-state index is 12.4. The van der Waals surface area contributed by atoms with Crippen molar-refractivity contribution in [1.82, 2.24) is 15.1 Å². The minimum atomic E-state index is -1.16. The van der Waals surface area contributed by atoms with Gasteiger partial charge in [-0.2, -0.15) is 5.10 Å². The highest BCUT2D eigenvalue weighted by atomic mass is 35.5. The fourth-order valence-corrected chi connectivity index (χ4v) is 3.01. The maximum atomic E-state index is 12.4. The minimum Gasteiger partial charge on any atom is -0.478 e. The molecule has 2 aromatic rings. The van der Waals surface area contributed by atoms with Crippen LogP contribution < -0.4 is 10.2 Å². The molecule has 0 aliphatic carbocycles. The van der Waals surface area contributed by atoms with Crippen LogP contribution in [0.2, 0.25) is 5.02 Å². The Kier molecular flexibility index (Phi) is 4.44. The van der Waals surface area contributed by atoms with E-state index >= 15 is 0 Å². The molecule has 1 fully saturated rings. The van der Waals surface area contributed by atoms with Crippen molar-refractivity contribution < 1.29 is 14.7 Å². The molecule has 1 aromatic carbocycles. The molecule has 1 aromatic heterocycles. The first kappa shape index (κ1) is 16.3. The second-order valence-electron chi connectivity index (χ2n) is 5.72. The van der Waals surface area contributed by atoms with Crippen LogP contribution >= 0.6 is 11.6 Å². The highest BCUT2D eigenvalue weighted by Gasteiger charge is 2.28. The van der Waals surface area contributed by atoms with Gasteiger partial charge in [-0.3, -0.25) is 9.48 Å². The van der Waals surface area contributed by atoms with Crippen LogP contribution in [0, 0.1) is 0 Å². The van der Waals surface area contributed by atoms with Crippen LogP contribution in [0.3, 0.4) is 0 Å². The van der Waals surface area contributed by atoms with Gasteiger partial charge in [-0.1, -0.05) is 11.6 Å². The topological polar surface area (TPSA) is 87.5 Å². The van der Waals surface area contributed by atoms with Crippen LogP contribution in [0.1, 0.15) is 27.3 Å². The predicted molar refractivity (Wildman–Crippen MR) is 89.7 cm³/mol. The summed E-state index contributed by atoms with van der Waals surface area (Å²) in [5.74, 6) is -1.59. The number of anilines is 1. The lowest BCUT2D eigenvalue weighted by atomic mass is 10.2. The molecule has 1 saturated heterocycles. The van der Waals surface area contributed by atoms with E-state index in [-0.39, 0.29) is 17.3 Å². The summed E-state index contributed by atoms with van der Waals surface area (Å²) in [6, 6.07) is 7.49. The number of nitrogens with one attached hydrogen (secondary N) is 1. The van der Waals surface area contributed by atoms with E-state index in [1.54, 1.807) is 7.05 Å². The zero-order valence-electron chi connectivity index (χ0n) is 13.1. The molecule has 1 unspecified atom stereocenters. The third-order valence-electron chi connectivity index (χ3n) is 4.10. The van der Waals surface area contributed by atoms with Crippen LogP contribution in [-0.4, -0.2) is 45.9 Å². The number of halogens is 1. The van der Waals surface area contributed by atoms with Gasteiger partial charge in [0.1, 0.15) is 11.3 Å². The zero-order valence-corrected chi connectivity index (χ0v) is 13.8. The van der Waals surface area contributed by atoms with Gasteiger partial charge in [0.25, 0.3) is 5.91 Å². The van der Waals surface area contributed by atoms with E-state index in [9.17, 15) is 9.59 Å². The Balaban J connectivity index is 1.67. The number of hydrogen-bond donors (Lipinski definition) is 2. The Morgan fingerprint density at radius 1 is 1.33 bits per heavy atom. The van der Waals surface area contributed by atoms with Gasteiger partial charge >= 0.3 is 5.97 Å². The second kappa shape index (κ2) is 6.52. The molecule has 1 atom stereocenters. The van der Waals surface area contributed by atoms with Gasteiger partial charge in [-0.25, -0.2) is 4.79 Å². The van der Waals surface area contributed by atoms with Crippen LogP contribution in [0.15, 0.2) is 30.5 Å². The van der Waals surface area contributed by atoms with Crippen molar-refractivity contribution in [2.24, 2.45) is 7.05 Å². The van der Waals surface area contributed by atoms with E-state index in [1.807, 2.05) is 24.3 Å². The average Bonchev–Trinajstić information content (AvgIpc) is 3.14. The molecule has 24 heavy (non-hydrogen) atoms. The molecule has 0 saturated carbocycles. The van der Waals surface area contributed by atoms with Gasteiger partial charge in [0.05, 0.1) is 6.20 Å². The summed E-state index contributed by atoms with van der Waals surface area (Å²) in [6.07, 6.45) is 1.97. The van der Waals surface area contributed by atoms with Crippen LogP contribution in [0.4, 0.5) is 5.69 Å². The number of benzene rings is 1. The van der Waals surface area contributed by atoms with E-state index in [0.29, 0.717) is 11.6 Å². The smallest absolute Gasteiger partial charge is 0.339 e. The third kappa shape index (κ3) is 3.21. The van der Waals surface area contributed by atoms with E-state index in [2.05, 4.69) is 15.3 Å². The molecule has 0 radical (unpaired) electrons. The molecule has 1 aliphatic rings. The first-order valence-electron chi connectivity index (χ1n) is 7.52. The largest absolute Gasteiger partial charge is 0.478 e. The number of aromatic carboxylic acids is 1. The Hall–Kier alpha value is -2.54. The number of rotatable bonds is 4. The molecule has 1 aliphatic heterocycles. The number of carbonyl (C=O) groups excluding carboxylic acids is 1. The summed E-state index contributed by atoms with van der Waals surface area (Å²) < 4.78 is 1.28. The van der Waals surface area contributed by atoms with Crippen molar-refractivity contribution in [2.75, 3.05) is 18.0 Å². The lowest BCUT2D eigenvalue weighted by Crippen LogP contribution is -2.38. The molecule has 0 bridgehead atoms. The quantitative estimate of drug-likeness (QED) is 0.879. The Morgan fingerprint density at radius 2 is 2.04 bits per heavy atom. The first-order valence-corrected chi connectivity index (χ1v) is 7.90. The van der Waals surface area contributed by atoms with Gasteiger partial charge in [0.15, 0.2) is 0 Å². The first-order chi connectivity index (χ1) is 11.5. The summed E-state index contributed by atoms with van der Waals surface area (Å²) >= 11 is 5.90. The van der Waals surface area contributed by atoms with E-state index in [1.165, 1.54) is 10.9 Å². The van der Waals surface area contributed by atoms with Gasteiger partial charge in [-0.05, 0) is 30.7 Å². The summed E-state index contributed by atoms with van der Waals surface area (Å²) in [5.41, 5.74) is 1.01. The molecule has 2 heterocycles. The Bertz CT molecular complexity index is 772. The Morgan fingerprint density at radius 3 is 2.71 bits per heavy atom. The third-order valence-corrected chi connectivity index (χ3v) is 4.35. The van der Waals surface area contributed by atoms with Gasteiger partial charge in [-0.15, -0.1) is 0 Å². The predicted octanol–water partition coefficient (Wildman–Crippen LogP) is 1.78. The fraction of sp³-hybridized carbons (Fsp3) is 0.312. The molecule has 126 valence electrons. The van der Waals surface area contributed by atoms with E-state index in [0.717, 1.165) is 18.7 Å². The number of nitrogens with zero attached hydrogens (tertiary/aromatic N) is 3. The van der Waals surface area contributed by atoms with E-state index in [4.69, 9.17) is 16.7 Å². The SMILES string of the molecule is Cn1ncc(C(=O)O)c1C(=O)NC1CCN(c2ccc(Cl)cc2)C1. The van der Waals surface area contributed by atoms with Gasteiger partial charge in [0.2, 0.25) is 0 Å². The lowest BCUT2D eigenvalue weighted by Gasteiger charge is -2.19. The van der Waals surface area contributed by atoms with Crippen LogP contribution in [0.5, 0.6) is 0 Å². The van der Waals surface area contributed by atoms with Crippen LogP contribution in [0.25, 0.3) is 0 Å². The summed E-state index contributed by atoms with van der Waals surface area (Å²) in [5, 5.41) is 16.6. The highest BCUT2D eigenvalue weighted by Crippen LogP contribution is 2.22. The van der Waals surface area contributed by atoms with Gasteiger partial charge in [0, 0.05) is 36.9 Å². The van der Waals surface area contributed by atoms with Crippen molar-refractivity contribution in [3.8, 4) is 0 Å². The van der Waals surface area contributed by atoms with Crippen LogP contribution in [-0.2, 0) is 7.05 Å². The molecule has 2 N–H and O–H groups in total. The number of carbonyl (C=O) groups is 2. The van der Waals surface area contributed by atoms with Crippen molar-refractivity contribution in [1.29, 1.82) is 0 Å². The number of carboxylic acid groups (broad SMARTS) is 1. The van der Waals surface area contributed by atoms with Crippen molar-refractivity contribution in [2.45, 2.75) is 12.5 Å². The number of amides is 1. The standard InChI is InChI=1S/C16H17ClN4O3/c1-20-14(13(8-18-20)16(23)24)15(22)19-11-6-7-21(9-11)12-4-2-10(17)3-5-12/h2-5,8,11H,6-7,9H2,1H3,(H,19,22)(H,23,24). The highest BCUT2D eigenvalue weighted by molar-refractivity contribution is 6.30. The minimum absolute atomic E-state index is 0.0512. The second-order valence-corrected chi connectivity index (χ2v) is 6.15. The fourth-order valence-electron chi connectivity index (χ4n) is 2.88. The van der Waals surface area contributed by atoms with E-state index < -0.39 is 11.9 Å². The number of aromatic nitrogens is 2. The van der Waals surface area contributed by atoms with Crippen molar-refractivity contribution in [3.63, 3.8) is 0 Å². The Labute approximate surface area is 143 Å². The summed E-state index contributed by atoms with van der Waals surface area (Å²) in [6.45, 7) is 1.47. The van der Waals surface area contributed by atoms with Crippen molar-refractivity contribution >= 4 is 29.2 Å². The number of aryl methyl sites for hydroxylation is 1. The molecular weight excluding hydrogens is 332 g/mol. The maximum Gasteiger partial charge on any atom is 0.339 e. The summed E-state index contributed by atoms with van der Waals surface area (Å²) in [7, 11) is 1.55. The monoisotopic (exact) mass is 348 g/mol. The molecule has 1 amide bonds.